The summed E-state index contributed by atoms with van der Waals surface area (Å²) in [5, 5.41) is 6.58. The normalized spacial score (nSPS) is 24.3. The topological polar surface area (TPSA) is 61.4 Å². The lowest BCUT2D eigenvalue weighted by Gasteiger charge is -2.34. The fourth-order valence-electron chi connectivity index (χ4n) is 3.68. The maximum atomic E-state index is 12.4. The Morgan fingerprint density at radius 1 is 1.12 bits per heavy atom. The number of nitrogens with one attached hydrogen (secondary N) is 2. The second kappa shape index (κ2) is 9.20. The van der Waals surface area contributed by atoms with Gasteiger partial charge in [0.05, 0.1) is 0 Å². The predicted octanol–water partition coefficient (Wildman–Crippen LogP) is 2.22. The molecule has 3 rings (SSSR count). The first kappa shape index (κ1) is 19.7. The second-order valence-corrected chi connectivity index (χ2v) is 7.02. The Balaban J connectivity index is 0.00000225. The van der Waals surface area contributed by atoms with Crippen molar-refractivity contribution in [3.05, 3.63) is 35.9 Å². The molecular formula is C19H28ClN3O2. The van der Waals surface area contributed by atoms with E-state index in [1.807, 2.05) is 35.2 Å². The highest BCUT2D eigenvalue weighted by molar-refractivity contribution is 5.94. The third kappa shape index (κ3) is 5.19. The largest absolute Gasteiger partial charge is 0.353 e. The van der Waals surface area contributed by atoms with Crippen molar-refractivity contribution in [3.63, 3.8) is 0 Å². The number of likely N-dealkylation sites (tertiary alicyclic amines) is 1. The first-order valence-corrected chi connectivity index (χ1v) is 9.01. The summed E-state index contributed by atoms with van der Waals surface area (Å²) < 4.78 is 0. The van der Waals surface area contributed by atoms with Crippen molar-refractivity contribution in [2.75, 3.05) is 19.6 Å². The number of hydrogen-bond acceptors (Lipinski definition) is 3. The summed E-state index contributed by atoms with van der Waals surface area (Å²) in [7, 11) is 0. The molecule has 2 aliphatic rings. The summed E-state index contributed by atoms with van der Waals surface area (Å²) in [6.07, 6.45) is 3.51. The first-order chi connectivity index (χ1) is 11.6. The molecule has 5 nitrogen and oxygen atoms in total. The number of piperidine rings is 2. The van der Waals surface area contributed by atoms with Crippen molar-refractivity contribution in [1.82, 2.24) is 15.5 Å². The number of rotatable bonds is 3. The number of nitrogens with zero attached hydrogens (tertiary/aromatic N) is 1. The van der Waals surface area contributed by atoms with Crippen molar-refractivity contribution < 1.29 is 9.59 Å². The fraction of sp³-hybridized carbons (Fsp3) is 0.579. The summed E-state index contributed by atoms with van der Waals surface area (Å²) in [6, 6.07) is 10.0. The van der Waals surface area contributed by atoms with E-state index < -0.39 is 0 Å². The Morgan fingerprint density at radius 3 is 2.44 bits per heavy atom. The molecule has 0 unspecified atom stereocenters. The molecule has 0 radical (unpaired) electrons. The molecule has 2 aliphatic heterocycles. The highest BCUT2D eigenvalue weighted by Gasteiger charge is 2.29. The SMILES string of the molecule is C[C@H]1C[C@@H](C(=O)NC2CCN(C(=O)c3ccccc3)CC2)CCN1.Cl. The van der Waals surface area contributed by atoms with Gasteiger partial charge in [-0.3, -0.25) is 9.59 Å². The van der Waals surface area contributed by atoms with Crippen LogP contribution in [0.1, 0.15) is 43.0 Å². The van der Waals surface area contributed by atoms with Crippen molar-refractivity contribution >= 4 is 24.2 Å². The molecule has 0 aliphatic carbocycles. The quantitative estimate of drug-likeness (QED) is 0.863. The van der Waals surface area contributed by atoms with E-state index >= 15 is 0 Å². The van der Waals surface area contributed by atoms with Crippen LogP contribution in [0.15, 0.2) is 30.3 Å². The van der Waals surface area contributed by atoms with E-state index in [2.05, 4.69) is 17.6 Å². The van der Waals surface area contributed by atoms with Gasteiger partial charge in [-0.25, -0.2) is 0 Å². The number of hydrogen-bond donors (Lipinski definition) is 2. The summed E-state index contributed by atoms with van der Waals surface area (Å²) in [4.78, 5) is 26.8. The molecule has 25 heavy (non-hydrogen) atoms. The zero-order chi connectivity index (χ0) is 16.9. The summed E-state index contributed by atoms with van der Waals surface area (Å²) >= 11 is 0. The van der Waals surface area contributed by atoms with E-state index in [1.54, 1.807) is 0 Å². The van der Waals surface area contributed by atoms with Gasteiger partial charge in [0.1, 0.15) is 0 Å². The van der Waals surface area contributed by atoms with Crippen molar-refractivity contribution in [3.8, 4) is 0 Å². The van der Waals surface area contributed by atoms with Gasteiger partial charge in [0.2, 0.25) is 5.91 Å². The van der Waals surface area contributed by atoms with Gasteiger partial charge in [-0.1, -0.05) is 18.2 Å². The number of halogens is 1. The fourth-order valence-corrected chi connectivity index (χ4v) is 3.68. The Bertz CT molecular complexity index is 573. The number of benzene rings is 1. The number of carbonyl (C=O) groups is 2. The zero-order valence-electron chi connectivity index (χ0n) is 14.7. The Hall–Kier alpha value is -1.59. The standard InChI is InChI=1S/C19H27N3O2.ClH/c1-14-13-16(7-10-20-14)18(23)21-17-8-11-22(12-9-17)19(24)15-5-3-2-4-6-15;/h2-6,14,16-17,20H,7-13H2,1H3,(H,21,23);1H/t14-,16-;/m0./s1. The molecule has 2 heterocycles. The molecule has 2 amide bonds. The van der Waals surface area contributed by atoms with Gasteiger partial charge in [-0.15, -0.1) is 12.4 Å². The van der Waals surface area contributed by atoms with E-state index in [0.717, 1.165) is 37.8 Å². The van der Waals surface area contributed by atoms with E-state index in [9.17, 15) is 9.59 Å². The molecule has 6 heteroatoms. The zero-order valence-corrected chi connectivity index (χ0v) is 15.6. The van der Waals surface area contributed by atoms with Gasteiger partial charge in [-0.05, 0) is 51.3 Å². The van der Waals surface area contributed by atoms with E-state index in [-0.39, 0.29) is 36.2 Å². The van der Waals surface area contributed by atoms with Crippen LogP contribution in [-0.4, -0.2) is 48.4 Å². The number of carbonyl (C=O) groups excluding carboxylic acids is 2. The first-order valence-electron chi connectivity index (χ1n) is 9.01. The third-order valence-corrected chi connectivity index (χ3v) is 5.14. The molecule has 2 fully saturated rings. The van der Waals surface area contributed by atoms with E-state index in [1.165, 1.54) is 0 Å². The molecule has 0 spiro atoms. The lowest BCUT2D eigenvalue weighted by Crippen LogP contribution is -2.49. The molecule has 1 aromatic carbocycles. The molecule has 0 aromatic heterocycles. The van der Waals surface area contributed by atoms with Gasteiger partial charge in [0.25, 0.3) is 5.91 Å². The Morgan fingerprint density at radius 2 is 1.80 bits per heavy atom. The van der Waals surface area contributed by atoms with Crippen molar-refractivity contribution in [1.29, 1.82) is 0 Å². The predicted molar refractivity (Wildman–Crippen MR) is 101 cm³/mol. The number of amides is 2. The summed E-state index contributed by atoms with van der Waals surface area (Å²) in [5.41, 5.74) is 0.740. The summed E-state index contributed by atoms with van der Waals surface area (Å²) in [6.45, 7) is 4.47. The van der Waals surface area contributed by atoms with Crippen molar-refractivity contribution in [2.45, 2.75) is 44.7 Å². The van der Waals surface area contributed by atoms with Gasteiger partial charge >= 0.3 is 0 Å². The average Bonchev–Trinajstić information content (AvgIpc) is 2.62. The van der Waals surface area contributed by atoms with Crippen LogP contribution in [0, 0.1) is 5.92 Å². The van der Waals surface area contributed by atoms with Crippen LogP contribution >= 0.6 is 12.4 Å². The Labute approximate surface area is 155 Å². The monoisotopic (exact) mass is 365 g/mol. The summed E-state index contributed by atoms with van der Waals surface area (Å²) in [5.74, 6) is 0.411. The molecule has 2 N–H and O–H groups in total. The van der Waals surface area contributed by atoms with Crippen LogP contribution in [-0.2, 0) is 4.79 Å². The minimum Gasteiger partial charge on any atom is -0.353 e. The van der Waals surface area contributed by atoms with Crippen molar-refractivity contribution in [2.24, 2.45) is 5.92 Å². The van der Waals surface area contributed by atoms with Crippen LogP contribution in [0.4, 0.5) is 0 Å². The Kier molecular flexibility index (Phi) is 7.26. The molecule has 138 valence electrons. The lowest BCUT2D eigenvalue weighted by atomic mass is 9.91. The highest BCUT2D eigenvalue weighted by atomic mass is 35.5. The van der Waals surface area contributed by atoms with E-state index in [0.29, 0.717) is 19.1 Å². The van der Waals surface area contributed by atoms with Crippen LogP contribution in [0.2, 0.25) is 0 Å². The molecular weight excluding hydrogens is 338 g/mol. The molecule has 0 saturated carbocycles. The van der Waals surface area contributed by atoms with Crippen LogP contribution in [0.25, 0.3) is 0 Å². The second-order valence-electron chi connectivity index (χ2n) is 7.02. The van der Waals surface area contributed by atoms with Crippen LogP contribution in [0.5, 0.6) is 0 Å². The van der Waals surface area contributed by atoms with Gasteiger partial charge < -0.3 is 15.5 Å². The molecule has 2 atom stereocenters. The maximum absolute atomic E-state index is 12.4. The minimum absolute atomic E-state index is 0. The van der Waals surface area contributed by atoms with Crippen LogP contribution < -0.4 is 10.6 Å². The minimum atomic E-state index is 0. The van der Waals surface area contributed by atoms with Gasteiger partial charge in [0, 0.05) is 36.7 Å². The third-order valence-electron chi connectivity index (χ3n) is 5.14. The highest BCUT2D eigenvalue weighted by Crippen LogP contribution is 2.18. The van der Waals surface area contributed by atoms with Gasteiger partial charge in [0.15, 0.2) is 0 Å². The maximum Gasteiger partial charge on any atom is 0.253 e. The van der Waals surface area contributed by atoms with E-state index in [4.69, 9.17) is 0 Å². The molecule has 1 aromatic rings. The van der Waals surface area contributed by atoms with Crippen LogP contribution in [0.3, 0.4) is 0 Å². The molecule has 2 saturated heterocycles. The average molecular weight is 366 g/mol. The lowest BCUT2D eigenvalue weighted by molar-refractivity contribution is -0.127. The smallest absolute Gasteiger partial charge is 0.253 e. The van der Waals surface area contributed by atoms with Gasteiger partial charge in [-0.2, -0.15) is 0 Å². The molecule has 0 bridgehead atoms.